The van der Waals surface area contributed by atoms with Gasteiger partial charge in [-0.15, -0.1) is 0 Å². The fourth-order valence-corrected chi connectivity index (χ4v) is 6.74. The van der Waals surface area contributed by atoms with Gasteiger partial charge in [-0.25, -0.2) is 0 Å². The Hall–Kier alpha value is -0.890. The zero-order chi connectivity index (χ0) is 16.2. The van der Waals surface area contributed by atoms with E-state index in [1.54, 1.807) is 0 Å². The van der Waals surface area contributed by atoms with Gasteiger partial charge in [-0.1, -0.05) is 26.0 Å². The van der Waals surface area contributed by atoms with E-state index < -0.39 is 0 Å². The van der Waals surface area contributed by atoms with Crippen molar-refractivity contribution in [2.45, 2.75) is 58.8 Å². The first-order valence-corrected chi connectivity index (χ1v) is 9.53. The third-order valence-electron chi connectivity index (χ3n) is 8.19. The molecular weight excluding hydrogens is 284 g/mol. The number of carbonyl (C=O) groups is 1. The SMILES string of the molecule is C[C@]12CC[C@H]3[C@@H](C=CC4=CC(=O)CC[C@@]43C)[C@@H]1CC[C@@H]2CCO. The van der Waals surface area contributed by atoms with Crippen LogP contribution >= 0.6 is 0 Å². The maximum atomic E-state index is 11.8. The van der Waals surface area contributed by atoms with Crippen molar-refractivity contribution in [3.05, 3.63) is 23.8 Å². The fraction of sp³-hybridized carbons (Fsp3) is 0.762. The second kappa shape index (κ2) is 5.31. The highest BCUT2D eigenvalue weighted by Gasteiger charge is 2.57. The van der Waals surface area contributed by atoms with Gasteiger partial charge in [-0.05, 0) is 84.7 Å². The van der Waals surface area contributed by atoms with Crippen LogP contribution in [0.3, 0.4) is 0 Å². The summed E-state index contributed by atoms with van der Waals surface area (Å²) in [4.78, 5) is 11.8. The quantitative estimate of drug-likeness (QED) is 0.825. The Morgan fingerprint density at radius 3 is 2.78 bits per heavy atom. The summed E-state index contributed by atoms with van der Waals surface area (Å²) < 4.78 is 0. The van der Waals surface area contributed by atoms with Gasteiger partial charge in [0.1, 0.15) is 0 Å². The van der Waals surface area contributed by atoms with Crippen molar-refractivity contribution in [1.82, 2.24) is 0 Å². The molecule has 0 aromatic rings. The minimum Gasteiger partial charge on any atom is -0.396 e. The smallest absolute Gasteiger partial charge is 0.156 e. The Labute approximate surface area is 140 Å². The van der Waals surface area contributed by atoms with Crippen molar-refractivity contribution >= 4 is 5.78 Å². The van der Waals surface area contributed by atoms with E-state index in [2.05, 4.69) is 26.0 Å². The topological polar surface area (TPSA) is 37.3 Å². The number of fused-ring (bicyclic) bond motifs is 5. The van der Waals surface area contributed by atoms with Gasteiger partial charge in [-0.3, -0.25) is 4.79 Å². The first kappa shape index (κ1) is 15.6. The Morgan fingerprint density at radius 1 is 1.17 bits per heavy atom. The summed E-state index contributed by atoms with van der Waals surface area (Å²) in [5, 5.41) is 9.43. The molecule has 4 aliphatic rings. The highest BCUT2D eigenvalue weighted by atomic mass is 16.3. The maximum absolute atomic E-state index is 11.8. The number of rotatable bonds is 2. The van der Waals surface area contributed by atoms with Crippen LogP contribution in [0.5, 0.6) is 0 Å². The van der Waals surface area contributed by atoms with Crippen LogP contribution in [0.2, 0.25) is 0 Å². The molecule has 0 radical (unpaired) electrons. The lowest BCUT2D eigenvalue weighted by atomic mass is 9.48. The van der Waals surface area contributed by atoms with E-state index in [9.17, 15) is 9.90 Å². The molecular formula is C21H30O2. The Bertz CT molecular complexity index is 574. The van der Waals surface area contributed by atoms with Crippen LogP contribution in [0, 0.1) is 34.5 Å². The van der Waals surface area contributed by atoms with Gasteiger partial charge in [0, 0.05) is 13.0 Å². The lowest BCUT2D eigenvalue weighted by Gasteiger charge is -2.56. The molecule has 6 atom stereocenters. The molecule has 0 unspecified atom stereocenters. The molecule has 23 heavy (non-hydrogen) atoms. The third-order valence-corrected chi connectivity index (χ3v) is 8.19. The largest absolute Gasteiger partial charge is 0.396 e. The van der Waals surface area contributed by atoms with Gasteiger partial charge in [0.05, 0.1) is 0 Å². The molecule has 4 aliphatic carbocycles. The van der Waals surface area contributed by atoms with Crippen LogP contribution in [0.15, 0.2) is 23.8 Å². The molecule has 0 aromatic heterocycles. The van der Waals surface area contributed by atoms with Crippen molar-refractivity contribution in [3.8, 4) is 0 Å². The van der Waals surface area contributed by atoms with Crippen LogP contribution in [-0.4, -0.2) is 17.5 Å². The minimum absolute atomic E-state index is 0.212. The van der Waals surface area contributed by atoms with E-state index in [0.29, 0.717) is 35.6 Å². The monoisotopic (exact) mass is 314 g/mol. The molecule has 0 aliphatic heterocycles. The first-order chi connectivity index (χ1) is 11.0. The molecule has 2 heteroatoms. The number of aliphatic hydroxyl groups excluding tert-OH is 1. The molecule has 0 bridgehead atoms. The predicted octanol–water partition coefficient (Wildman–Crippen LogP) is 4.29. The summed E-state index contributed by atoms with van der Waals surface area (Å²) in [5.74, 6) is 3.16. The van der Waals surface area contributed by atoms with Crippen LogP contribution < -0.4 is 0 Å². The van der Waals surface area contributed by atoms with Gasteiger partial charge < -0.3 is 5.11 Å². The number of aliphatic hydroxyl groups is 1. The Morgan fingerprint density at radius 2 is 2.00 bits per heavy atom. The number of carbonyl (C=O) groups excluding carboxylic acids is 1. The molecule has 0 aromatic carbocycles. The van der Waals surface area contributed by atoms with E-state index in [0.717, 1.165) is 25.2 Å². The first-order valence-electron chi connectivity index (χ1n) is 9.53. The molecule has 4 rings (SSSR count). The number of hydrogen-bond donors (Lipinski definition) is 1. The highest BCUT2D eigenvalue weighted by molar-refractivity contribution is 5.92. The second-order valence-corrected chi connectivity index (χ2v) is 8.96. The zero-order valence-corrected chi connectivity index (χ0v) is 14.6. The van der Waals surface area contributed by atoms with E-state index in [4.69, 9.17) is 0 Å². The van der Waals surface area contributed by atoms with E-state index >= 15 is 0 Å². The van der Waals surface area contributed by atoms with E-state index in [1.165, 1.54) is 31.3 Å². The van der Waals surface area contributed by atoms with Crippen LogP contribution in [0.4, 0.5) is 0 Å². The van der Waals surface area contributed by atoms with Gasteiger partial charge in [-0.2, -0.15) is 0 Å². The molecule has 2 nitrogen and oxygen atoms in total. The van der Waals surface area contributed by atoms with Crippen LogP contribution in [0.25, 0.3) is 0 Å². The van der Waals surface area contributed by atoms with Crippen LogP contribution in [-0.2, 0) is 4.79 Å². The Balaban J connectivity index is 1.68. The zero-order valence-electron chi connectivity index (χ0n) is 14.6. The molecule has 0 heterocycles. The summed E-state index contributed by atoms with van der Waals surface area (Å²) >= 11 is 0. The van der Waals surface area contributed by atoms with E-state index in [-0.39, 0.29) is 5.41 Å². The molecule has 0 spiro atoms. The van der Waals surface area contributed by atoms with E-state index in [1.807, 2.05) is 6.08 Å². The lowest BCUT2D eigenvalue weighted by molar-refractivity contribution is -0.116. The second-order valence-electron chi connectivity index (χ2n) is 8.96. The lowest BCUT2D eigenvalue weighted by Crippen LogP contribution is -2.48. The third kappa shape index (κ3) is 2.13. The molecule has 2 saturated carbocycles. The summed E-state index contributed by atoms with van der Waals surface area (Å²) in [6, 6.07) is 0. The average molecular weight is 314 g/mol. The van der Waals surface area contributed by atoms with Crippen molar-refractivity contribution in [1.29, 1.82) is 0 Å². The Kier molecular flexibility index (Phi) is 3.61. The van der Waals surface area contributed by atoms with Crippen molar-refractivity contribution < 1.29 is 9.90 Å². The van der Waals surface area contributed by atoms with Crippen molar-refractivity contribution in [2.75, 3.05) is 6.61 Å². The standard InChI is InChI=1S/C21H30O2/c1-20-11-8-19-17(18(20)6-4-14(20)9-12-22)5-3-15-13-16(23)7-10-21(15,19)2/h3,5,13-14,17-19,22H,4,6-12H2,1-2H3/t14-,17+,18+,19+,20-,21+/m1/s1. The maximum Gasteiger partial charge on any atom is 0.156 e. The number of ketones is 1. The van der Waals surface area contributed by atoms with Crippen molar-refractivity contribution in [3.63, 3.8) is 0 Å². The van der Waals surface area contributed by atoms with Crippen molar-refractivity contribution in [2.24, 2.45) is 34.5 Å². The van der Waals surface area contributed by atoms with Gasteiger partial charge in [0.25, 0.3) is 0 Å². The molecule has 0 amide bonds. The number of allylic oxidation sites excluding steroid dienone is 4. The normalized spacial score (nSPS) is 48.5. The molecule has 1 N–H and O–H groups in total. The fourth-order valence-electron chi connectivity index (χ4n) is 6.74. The molecule has 0 saturated heterocycles. The average Bonchev–Trinajstić information content (AvgIpc) is 2.85. The summed E-state index contributed by atoms with van der Waals surface area (Å²) in [5.41, 5.74) is 1.92. The van der Waals surface area contributed by atoms with Gasteiger partial charge in [0.2, 0.25) is 0 Å². The number of hydrogen-bond acceptors (Lipinski definition) is 2. The summed E-state index contributed by atoms with van der Waals surface area (Å²) in [6.45, 7) is 5.24. The molecule has 126 valence electrons. The highest BCUT2D eigenvalue weighted by Crippen LogP contribution is 2.65. The minimum atomic E-state index is 0.212. The molecule has 2 fully saturated rings. The summed E-state index contributed by atoms with van der Waals surface area (Å²) in [7, 11) is 0. The summed E-state index contributed by atoms with van der Waals surface area (Å²) in [6.07, 6.45) is 14.6. The van der Waals surface area contributed by atoms with Crippen LogP contribution in [0.1, 0.15) is 58.8 Å². The van der Waals surface area contributed by atoms with Gasteiger partial charge in [0.15, 0.2) is 5.78 Å². The van der Waals surface area contributed by atoms with Gasteiger partial charge >= 0.3 is 0 Å². The predicted molar refractivity (Wildman–Crippen MR) is 91.8 cm³/mol.